The largest absolute Gasteiger partial charge is 0.491 e. The molecule has 0 fully saturated rings. The summed E-state index contributed by atoms with van der Waals surface area (Å²) in [5.74, 6) is -2.11. The van der Waals surface area contributed by atoms with Gasteiger partial charge in [0, 0.05) is 12.4 Å². The summed E-state index contributed by atoms with van der Waals surface area (Å²) in [4.78, 5) is 14.8. The molecule has 0 radical (unpaired) electrons. The topological polar surface area (TPSA) is 64.3 Å². The third kappa shape index (κ3) is 2.65. The van der Waals surface area contributed by atoms with Crippen LogP contribution in [0.4, 0.5) is 4.39 Å². The molecule has 1 heterocycles. The predicted molar refractivity (Wildman–Crippen MR) is 61.1 cm³/mol. The molecule has 0 bridgehead atoms. The fourth-order valence-corrected chi connectivity index (χ4v) is 1.51. The molecule has 94 valence electrons. The third-order valence-corrected chi connectivity index (χ3v) is 2.36. The number of ether oxygens (including phenoxy) is 1. The summed E-state index contributed by atoms with van der Waals surface area (Å²) in [7, 11) is 0. The van der Waals surface area contributed by atoms with Crippen molar-refractivity contribution in [2.24, 2.45) is 0 Å². The molecule has 0 unspecified atom stereocenters. The average molecular weight is 250 g/mol. The standard InChI is InChI=1S/C12H11FN2O3/c13-9-2-1-3-10(11(9)12(16)17)18-7-6-15-5-4-14-8-15/h1-5,8H,6-7H2,(H,16,17). The van der Waals surface area contributed by atoms with Crippen LogP contribution in [0.3, 0.4) is 0 Å². The van der Waals surface area contributed by atoms with Crippen molar-refractivity contribution < 1.29 is 19.0 Å². The maximum Gasteiger partial charge on any atom is 0.342 e. The number of aromatic nitrogens is 2. The summed E-state index contributed by atoms with van der Waals surface area (Å²) in [5, 5.41) is 8.89. The number of aromatic carboxylic acids is 1. The molecule has 0 aliphatic rings. The zero-order valence-electron chi connectivity index (χ0n) is 9.41. The van der Waals surface area contributed by atoms with Crippen LogP contribution in [0.15, 0.2) is 36.9 Å². The number of halogens is 1. The van der Waals surface area contributed by atoms with Gasteiger partial charge in [-0.1, -0.05) is 6.07 Å². The van der Waals surface area contributed by atoms with E-state index in [1.54, 1.807) is 23.3 Å². The summed E-state index contributed by atoms with van der Waals surface area (Å²) in [6, 6.07) is 3.93. The molecule has 0 aliphatic heterocycles. The van der Waals surface area contributed by atoms with Gasteiger partial charge in [-0.2, -0.15) is 0 Å². The Kier molecular flexibility index (Phi) is 3.57. The first-order valence-electron chi connectivity index (χ1n) is 5.29. The smallest absolute Gasteiger partial charge is 0.342 e. The molecule has 0 saturated carbocycles. The van der Waals surface area contributed by atoms with E-state index >= 15 is 0 Å². The lowest BCUT2D eigenvalue weighted by Gasteiger charge is -2.09. The molecule has 1 aromatic carbocycles. The van der Waals surface area contributed by atoms with Gasteiger partial charge in [0.15, 0.2) is 0 Å². The molecule has 1 aromatic heterocycles. The number of imidazole rings is 1. The number of hydrogen-bond donors (Lipinski definition) is 1. The molecule has 1 N–H and O–H groups in total. The van der Waals surface area contributed by atoms with Gasteiger partial charge in [0.05, 0.1) is 12.9 Å². The van der Waals surface area contributed by atoms with Gasteiger partial charge in [-0.3, -0.25) is 0 Å². The Labute approximate surface area is 102 Å². The fraction of sp³-hybridized carbons (Fsp3) is 0.167. The zero-order chi connectivity index (χ0) is 13.0. The van der Waals surface area contributed by atoms with E-state index in [0.717, 1.165) is 6.07 Å². The molecule has 0 atom stereocenters. The van der Waals surface area contributed by atoms with Crippen molar-refractivity contribution in [2.75, 3.05) is 6.61 Å². The first-order chi connectivity index (χ1) is 8.68. The number of benzene rings is 1. The number of carboxylic acids is 1. The number of carboxylic acid groups (broad SMARTS) is 1. The Hall–Kier alpha value is -2.37. The van der Waals surface area contributed by atoms with E-state index in [4.69, 9.17) is 9.84 Å². The van der Waals surface area contributed by atoms with E-state index in [-0.39, 0.29) is 12.4 Å². The molecular weight excluding hydrogens is 239 g/mol. The molecule has 18 heavy (non-hydrogen) atoms. The minimum Gasteiger partial charge on any atom is -0.491 e. The van der Waals surface area contributed by atoms with E-state index in [9.17, 15) is 9.18 Å². The van der Waals surface area contributed by atoms with Crippen LogP contribution < -0.4 is 4.74 Å². The van der Waals surface area contributed by atoms with Gasteiger partial charge >= 0.3 is 5.97 Å². The van der Waals surface area contributed by atoms with E-state index in [1.807, 2.05) is 0 Å². The number of hydrogen-bond acceptors (Lipinski definition) is 3. The number of nitrogens with zero attached hydrogens (tertiary/aromatic N) is 2. The highest BCUT2D eigenvalue weighted by Gasteiger charge is 2.16. The van der Waals surface area contributed by atoms with Gasteiger partial charge in [0.2, 0.25) is 0 Å². The molecule has 0 saturated heterocycles. The van der Waals surface area contributed by atoms with Crippen LogP contribution in [0.1, 0.15) is 10.4 Å². The van der Waals surface area contributed by atoms with Crippen LogP contribution in [0.25, 0.3) is 0 Å². The Balaban J connectivity index is 2.05. The maximum atomic E-state index is 13.3. The van der Waals surface area contributed by atoms with Gasteiger partial charge in [0.1, 0.15) is 23.7 Å². The normalized spacial score (nSPS) is 10.3. The number of carbonyl (C=O) groups is 1. The van der Waals surface area contributed by atoms with Crippen LogP contribution in [0.2, 0.25) is 0 Å². The first-order valence-corrected chi connectivity index (χ1v) is 5.29. The van der Waals surface area contributed by atoms with Crippen molar-refractivity contribution in [1.82, 2.24) is 9.55 Å². The summed E-state index contributed by atoms with van der Waals surface area (Å²) >= 11 is 0. The summed E-state index contributed by atoms with van der Waals surface area (Å²) < 4.78 is 20.4. The van der Waals surface area contributed by atoms with Gasteiger partial charge in [0.25, 0.3) is 0 Å². The fourth-order valence-electron chi connectivity index (χ4n) is 1.51. The second kappa shape index (κ2) is 5.31. The van der Waals surface area contributed by atoms with Crippen LogP contribution in [0, 0.1) is 5.82 Å². The Morgan fingerprint density at radius 3 is 3.00 bits per heavy atom. The molecule has 0 aliphatic carbocycles. The van der Waals surface area contributed by atoms with Crippen LogP contribution >= 0.6 is 0 Å². The van der Waals surface area contributed by atoms with E-state index in [1.165, 1.54) is 12.1 Å². The van der Waals surface area contributed by atoms with Crippen molar-refractivity contribution in [3.63, 3.8) is 0 Å². The summed E-state index contributed by atoms with van der Waals surface area (Å²) in [6.45, 7) is 0.746. The lowest BCUT2D eigenvalue weighted by Crippen LogP contribution is -2.10. The van der Waals surface area contributed by atoms with Crippen LogP contribution in [-0.2, 0) is 6.54 Å². The lowest BCUT2D eigenvalue weighted by atomic mass is 10.2. The molecular formula is C12H11FN2O3. The highest BCUT2D eigenvalue weighted by molar-refractivity contribution is 5.91. The minimum absolute atomic E-state index is 0.0302. The van der Waals surface area contributed by atoms with Crippen molar-refractivity contribution in [2.45, 2.75) is 6.54 Å². The highest BCUT2D eigenvalue weighted by Crippen LogP contribution is 2.21. The summed E-state index contributed by atoms with van der Waals surface area (Å²) in [6.07, 6.45) is 5.00. The molecule has 0 amide bonds. The van der Waals surface area contributed by atoms with E-state index in [2.05, 4.69) is 4.98 Å². The average Bonchev–Trinajstić information content (AvgIpc) is 2.81. The van der Waals surface area contributed by atoms with Crippen molar-refractivity contribution in [3.05, 3.63) is 48.3 Å². The second-order valence-corrected chi connectivity index (χ2v) is 3.57. The maximum absolute atomic E-state index is 13.3. The van der Waals surface area contributed by atoms with E-state index in [0.29, 0.717) is 6.54 Å². The zero-order valence-corrected chi connectivity index (χ0v) is 9.41. The van der Waals surface area contributed by atoms with Crippen molar-refractivity contribution in [1.29, 1.82) is 0 Å². The van der Waals surface area contributed by atoms with Gasteiger partial charge in [-0.15, -0.1) is 0 Å². The lowest BCUT2D eigenvalue weighted by molar-refractivity contribution is 0.0686. The van der Waals surface area contributed by atoms with Crippen LogP contribution in [0.5, 0.6) is 5.75 Å². The summed E-state index contributed by atoms with van der Waals surface area (Å²) in [5.41, 5.74) is -0.442. The third-order valence-electron chi connectivity index (χ3n) is 2.36. The van der Waals surface area contributed by atoms with Gasteiger partial charge in [-0.05, 0) is 12.1 Å². The van der Waals surface area contributed by atoms with Crippen LogP contribution in [-0.4, -0.2) is 27.2 Å². The van der Waals surface area contributed by atoms with E-state index < -0.39 is 17.3 Å². The van der Waals surface area contributed by atoms with Gasteiger partial charge < -0.3 is 14.4 Å². The molecule has 2 rings (SSSR count). The molecule has 2 aromatic rings. The SMILES string of the molecule is O=C(O)c1c(F)cccc1OCCn1ccnc1. The molecule has 6 heteroatoms. The minimum atomic E-state index is -1.34. The Bertz CT molecular complexity index is 540. The molecule has 5 nitrogen and oxygen atoms in total. The molecule has 0 spiro atoms. The quantitative estimate of drug-likeness (QED) is 0.878. The Morgan fingerprint density at radius 1 is 1.50 bits per heavy atom. The number of rotatable bonds is 5. The Morgan fingerprint density at radius 2 is 2.33 bits per heavy atom. The highest BCUT2D eigenvalue weighted by atomic mass is 19.1. The predicted octanol–water partition coefficient (Wildman–Crippen LogP) is 1.80. The van der Waals surface area contributed by atoms with Crippen molar-refractivity contribution >= 4 is 5.97 Å². The first kappa shape index (κ1) is 12.1. The second-order valence-electron chi connectivity index (χ2n) is 3.57. The van der Waals surface area contributed by atoms with Gasteiger partial charge in [-0.25, -0.2) is 14.2 Å². The monoisotopic (exact) mass is 250 g/mol. The van der Waals surface area contributed by atoms with Crippen molar-refractivity contribution in [3.8, 4) is 5.75 Å².